The maximum atomic E-state index is 14.2. The topological polar surface area (TPSA) is 68.1 Å². The van der Waals surface area contributed by atoms with Crippen LogP contribution in [0.4, 0.5) is 17.6 Å². The van der Waals surface area contributed by atoms with Crippen molar-refractivity contribution < 1.29 is 27.8 Å². The number of hydrogen-bond acceptors (Lipinski definition) is 5. The van der Waals surface area contributed by atoms with E-state index in [4.69, 9.17) is 0 Å². The summed E-state index contributed by atoms with van der Waals surface area (Å²) >= 11 is 0. The van der Waals surface area contributed by atoms with Crippen molar-refractivity contribution >= 4 is 6.21 Å². The van der Waals surface area contributed by atoms with Crippen molar-refractivity contribution in [3.05, 3.63) is 77.1 Å². The normalized spacial score (nSPS) is 18.9. The number of aliphatic hydroxyl groups is 1. The molecule has 2 aromatic carbocycles. The van der Waals surface area contributed by atoms with E-state index in [0.717, 1.165) is 12.1 Å². The first-order chi connectivity index (χ1) is 14.4. The summed E-state index contributed by atoms with van der Waals surface area (Å²) in [5.74, 6) is -1.53. The second-order valence-corrected chi connectivity index (χ2v) is 7.71. The molecule has 0 saturated heterocycles. The highest BCUT2D eigenvalue weighted by Crippen LogP contribution is 2.47. The van der Waals surface area contributed by atoms with E-state index in [1.165, 1.54) is 11.9 Å². The van der Waals surface area contributed by atoms with Crippen molar-refractivity contribution in [2.45, 2.75) is 37.3 Å². The first kappa shape index (κ1) is 22.8. The van der Waals surface area contributed by atoms with Gasteiger partial charge in [0.25, 0.3) is 0 Å². The van der Waals surface area contributed by atoms with Gasteiger partial charge in [-0.05, 0) is 18.6 Å². The molecule has 3 atom stereocenters. The zero-order valence-corrected chi connectivity index (χ0v) is 17.0. The Hall–Kier alpha value is -2.91. The number of benzene rings is 2. The molecule has 0 spiro atoms. The predicted octanol–water partition coefficient (Wildman–Crippen LogP) is 4.40. The van der Waals surface area contributed by atoms with Crippen molar-refractivity contribution in [2.24, 2.45) is 5.10 Å². The summed E-state index contributed by atoms with van der Waals surface area (Å²) in [6.07, 6.45) is -5.22. The summed E-state index contributed by atoms with van der Waals surface area (Å²) in [7, 11) is 1.57. The molecule has 0 fully saturated rings. The number of phenolic OH excluding ortho intramolecular Hbond substituents is 1. The summed E-state index contributed by atoms with van der Waals surface area (Å²) in [6, 6.07) is 7.78. The van der Waals surface area contributed by atoms with Gasteiger partial charge >= 0.3 is 6.18 Å². The molecule has 166 valence electrons. The second-order valence-electron chi connectivity index (χ2n) is 7.71. The van der Waals surface area contributed by atoms with Gasteiger partial charge in [-0.15, -0.1) is 6.58 Å². The predicted molar refractivity (Wildman–Crippen MR) is 109 cm³/mol. The number of hydrogen-bond donors (Lipinski definition) is 3. The van der Waals surface area contributed by atoms with Crippen LogP contribution in [-0.2, 0) is 0 Å². The highest BCUT2D eigenvalue weighted by Gasteiger charge is 2.59. The molecule has 3 unspecified atom stereocenters. The lowest BCUT2D eigenvalue weighted by atomic mass is 9.82. The summed E-state index contributed by atoms with van der Waals surface area (Å²) in [4.78, 5) is 0. The Morgan fingerprint density at radius 2 is 1.94 bits per heavy atom. The standard InChI is InChI=1S/C22H23F4N3O2/c1-13(2)11-21(31,22(24,25)26)19(17-9-8-15(23)10-18(17)30)28-20-16-7-5-4-6-14(16)12-27-29(20)3/h4-10,12,19-20,28,30-31H,1,11H2,2-3H3. The minimum absolute atomic E-state index is 0.0867. The monoisotopic (exact) mass is 437 g/mol. The van der Waals surface area contributed by atoms with E-state index >= 15 is 0 Å². The molecule has 0 aromatic heterocycles. The van der Waals surface area contributed by atoms with Gasteiger partial charge in [0.2, 0.25) is 0 Å². The van der Waals surface area contributed by atoms with E-state index < -0.39 is 42.0 Å². The lowest BCUT2D eigenvalue weighted by Gasteiger charge is -2.42. The number of nitrogens with zero attached hydrogens (tertiary/aromatic N) is 2. The summed E-state index contributed by atoms with van der Waals surface area (Å²) in [5, 5.41) is 29.7. The molecule has 1 aliphatic heterocycles. The molecule has 0 saturated carbocycles. The summed E-state index contributed by atoms with van der Waals surface area (Å²) < 4.78 is 56.2. The fourth-order valence-electron chi connectivity index (χ4n) is 3.73. The molecule has 3 rings (SSSR count). The van der Waals surface area contributed by atoms with Crippen LogP contribution in [0.3, 0.4) is 0 Å². The first-order valence-corrected chi connectivity index (χ1v) is 9.47. The number of aromatic hydroxyl groups is 1. The number of alkyl halides is 3. The molecule has 2 aromatic rings. The van der Waals surface area contributed by atoms with E-state index in [-0.39, 0.29) is 11.1 Å². The average molecular weight is 437 g/mol. The van der Waals surface area contributed by atoms with Gasteiger partial charge in [-0.2, -0.15) is 18.3 Å². The Morgan fingerprint density at radius 3 is 2.55 bits per heavy atom. The van der Waals surface area contributed by atoms with Crippen LogP contribution < -0.4 is 5.32 Å². The summed E-state index contributed by atoms with van der Waals surface area (Å²) in [5.41, 5.74) is -2.24. The summed E-state index contributed by atoms with van der Waals surface area (Å²) in [6.45, 7) is 4.89. The molecular formula is C22H23F4N3O2. The van der Waals surface area contributed by atoms with Gasteiger partial charge in [0.15, 0.2) is 5.60 Å². The third-order valence-electron chi connectivity index (χ3n) is 5.21. The molecule has 31 heavy (non-hydrogen) atoms. The molecule has 3 N–H and O–H groups in total. The molecule has 0 aliphatic carbocycles. The zero-order chi connectivity index (χ0) is 23.0. The number of rotatable bonds is 6. The van der Waals surface area contributed by atoms with Crippen LogP contribution in [0.2, 0.25) is 0 Å². The van der Waals surface area contributed by atoms with E-state index in [9.17, 15) is 27.8 Å². The van der Waals surface area contributed by atoms with E-state index in [2.05, 4.69) is 17.0 Å². The van der Waals surface area contributed by atoms with Crippen LogP contribution in [0, 0.1) is 5.82 Å². The smallest absolute Gasteiger partial charge is 0.419 e. The molecule has 1 aliphatic rings. The van der Waals surface area contributed by atoms with Gasteiger partial charge in [-0.25, -0.2) is 4.39 Å². The molecular weight excluding hydrogens is 414 g/mol. The second kappa shape index (κ2) is 8.32. The van der Waals surface area contributed by atoms with Crippen LogP contribution in [-0.4, -0.2) is 40.3 Å². The first-order valence-electron chi connectivity index (χ1n) is 9.47. The maximum Gasteiger partial charge on any atom is 0.419 e. The van der Waals surface area contributed by atoms with Crippen LogP contribution in [0.1, 0.15) is 42.2 Å². The number of hydrazone groups is 1. The van der Waals surface area contributed by atoms with Gasteiger partial charge < -0.3 is 10.2 Å². The van der Waals surface area contributed by atoms with Crippen molar-refractivity contribution in [3.63, 3.8) is 0 Å². The van der Waals surface area contributed by atoms with Crippen LogP contribution >= 0.6 is 0 Å². The van der Waals surface area contributed by atoms with Gasteiger partial charge in [0, 0.05) is 30.7 Å². The Morgan fingerprint density at radius 1 is 1.26 bits per heavy atom. The highest BCUT2D eigenvalue weighted by molar-refractivity contribution is 5.82. The SMILES string of the molecule is C=C(C)CC(O)(C(NC1c2ccccc2C=NN1C)c1ccc(F)cc1O)C(F)(F)F. The van der Waals surface area contributed by atoms with Crippen molar-refractivity contribution in [1.29, 1.82) is 0 Å². The van der Waals surface area contributed by atoms with Crippen LogP contribution in [0.15, 0.2) is 59.7 Å². The number of halogens is 4. The number of nitrogens with one attached hydrogen (secondary N) is 1. The van der Waals surface area contributed by atoms with Gasteiger partial charge in [0.1, 0.15) is 17.7 Å². The molecule has 9 heteroatoms. The Kier molecular flexibility index (Phi) is 6.11. The number of fused-ring (bicyclic) bond motifs is 1. The zero-order valence-electron chi connectivity index (χ0n) is 17.0. The quantitative estimate of drug-likeness (QED) is 0.463. The van der Waals surface area contributed by atoms with E-state index in [0.29, 0.717) is 17.2 Å². The van der Waals surface area contributed by atoms with Crippen LogP contribution in [0.5, 0.6) is 5.75 Å². The molecule has 0 amide bonds. The molecule has 0 radical (unpaired) electrons. The van der Waals surface area contributed by atoms with Crippen LogP contribution in [0.25, 0.3) is 0 Å². The van der Waals surface area contributed by atoms with E-state index in [1.807, 2.05) is 0 Å². The highest BCUT2D eigenvalue weighted by atomic mass is 19.4. The third kappa shape index (κ3) is 4.42. The Balaban J connectivity index is 2.17. The minimum atomic E-state index is -5.10. The Labute approximate surface area is 177 Å². The van der Waals surface area contributed by atoms with Gasteiger partial charge in [-0.1, -0.05) is 35.9 Å². The van der Waals surface area contributed by atoms with Crippen molar-refractivity contribution in [2.75, 3.05) is 7.05 Å². The van der Waals surface area contributed by atoms with Crippen molar-refractivity contribution in [3.8, 4) is 5.75 Å². The molecule has 1 heterocycles. The minimum Gasteiger partial charge on any atom is -0.508 e. The molecule has 5 nitrogen and oxygen atoms in total. The lowest BCUT2D eigenvalue weighted by molar-refractivity contribution is -0.273. The van der Waals surface area contributed by atoms with Gasteiger partial charge in [0.05, 0.1) is 12.3 Å². The lowest BCUT2D eigenvalue weighted by Crippen LogP contribution is -2.56. The number of phenols is 1. The van der Waals surface area contributed by atoms with E-state index in [1.54, 1.807) is 37.5 Å². The maximum absolute atomic E-state index is 14.2. The average Bonchev–Trinajstić information content (AvgIpc) is 2.66. The molecule has 0 bridgehead atoms. The van der Waals surface area contributed by atoms with Gasteiger partial charge in [-0.3, -0.25) is 10.3 Å². The fraction of sp³-hybridized carbons (Fsp3) is 0.318. The fourth-order valence-corrected chi connectivity index (χ4v) is 3.73. The Bertz CT molecular complexity index is 1010. The van der Waals surface area contributed by atoms with Crippen molar-refractivity contribution in [1.82, 2.24) is 10.3 Å². The third-order valence-corrected chi connectivity index (χ3v) is 5.21. The largest absolute Gasteiger partial charge is 0.508 e.